The minimum atomic E-state index is -0.464. The number of aromatic hydroxyl groups is 1. The number of phenolic OH excluding ortho intramolecular Hbond substituents is 1. The van der Waals surface area contributed by atoms with Crippen LogP contribution in [-0.2, 0) is 4.79 Å². The summed E-state index contributed by atoms with van der Waals surface area (Å²) in [5, 5.41) is 9.58. The minimum Gasteiger partial charge on any atom is -0.507 e. The number of Topliss-reactive ketones (excluding diaryl/α,β-unsaturated/α-hetero) is 1. The predicted octanol–water partition coefficient (Wildman–Crippen LogP) is 2.43. The molecule has 0 bridgehead atoms. The molecule has 0 heterocycles. The van der Waals surface area contributed by atoms with E-state index in [0.717, 1.165) is 0 Å². The van der Waals surface area contributed by atoms with Crippen LogP contribution in [-0.4, -0.2) is 18.0 Å². The highest BCUT2D eigenvalue weighted by atomic mass is 79.9. The van der Waals surface area contributed by atoms with E-state index in [1.165, 1.54) is 20.1 Å². The van der Waals surface area contributed by atoms with E-state index >= 15 is 0 Å². The van der Waals surface area contributed by atoms with Gasteiger partial charge in [-0.05, 0) is 13.0 Å². The Morgan fingerprint density at radius 3 is 2.64 bits per heavy atom. The lowest BCUT2D eigenvalue weighted by molar-refractivity contribution is -0.116. The summed E-state index contributed by atoms with van der Waals surface area (Å²) in [6, 6.07) is 4.84. The molecule has 0 amide bonds. The van der Waals surface area contributed by atoms with Gasteiger partial charge >= 0.3 is 0 Å². The van der Waals surface area contributed by atoms with Gasteiger partial charge in [0.15, 0.2) is 0 Å². The summed E-state index contributed by atoms with van der Waals surface area (Å²) in [6.45, 7) is 1.46. The first-order chi connectivity index (χ1) is 6.56. The van der Waals surface area contributed by atoms with E-state index in [0.29, 0.717) is 11.3 Å². The molecule has 0 aromatic heterocycles. The molecule has 0 spiro atoms. The van der Waals surface area contributed by atoms with E-state index in [4.69, 9.17) is 4.74 Å². The normalized spacial score (nSPS) is 12.2. The molecule has 1 N–H and O–H groups in total. The molecule has 76 valence electrons. The summed E-state index contributed by atoms with van der Waals surface area (Å²) in [5.41, 5.74) is 0.554. The number of carbonyl (C=O) groups excluding carboxylic acids is 1. The Labute approximate surface area is 90.8 Å². The first-order valence-corrected chi connectivity index (χ1v) is 4.99. The molecule has 1 rings (SSSR count). The molecule has 1 unspecified atom stereocenters. The molecule has 1 atom stereocenters. The van der Waals surface area contributed by atoms with Crippen LogP contribution >= 0.6 is 15.9 Å². The highest BCUT2D eigenvalue weighted by molar-refractivity contribution is 9.09. The zero-order valence-electron chi connectivity index (χ0n) is 7.95. The van der Waals surface area contributed by atoms with Crippen molar-refractivity contribution in [3.05, 3.63) is 23.8 Å². The number of alkyl halides is 1. The molecular weight excluding hydrogens is 248 g/mol. The first-order valence-electron chi connectivity index (χ1n) is 4.07. The Kier molecular flexibility index (Phi) is 3.52. The Morgan fingerprint density at radius 1 is 1.57 bits per heavy atom. The molecule has 4 heteroatoms. The summed E-state index contributed by atoms with van der Waals surface area (Å²) >= 11 is 3.20. The molecule has 1 aromatic rings. The van der Waals surface area contributed by atoms with Gasteiger partial charge in [-0.1, -0.05) is 22.0 Å². The molecule has 3 nitrogen and oxygen atoms in total. The molecule has 0 saturated carbocycles. The van der Waals surface area contributed by atoms with Crippen LogP contribution in [0, 0.1) is 0 Å². The topological polar surface area (TPSA) is 46.5 Å². The second kappa shape index (κ2) is 4.46. The molecule has 0 aliphatic carbocycles. The van der Waals surface area contributed by atoms with E-state index < -0.39 is 4.83 Å². The van der Waals surface area contributed by atoms with Crippen molar-refractivity contribution in [2.45, 2.75) is 11.8 Å². The maximum Gasteiger partial charge on any atom is 0.147 e. The highest BCUT2D eigenvalue weighted by Crippen LogP contribution is 2.33. The molecule has 0 aliphatic rings. The summed E-state index contributed by atoms with van der Waals surface area (Å²) in [7, 11) is 1.52. The van der Waals surface area contributed by atoms with Gasteiger partial charge in [-0.25, -0.2) is 0 Å². The van der Waals surface area contributed by atoms with Crippen molar-refractivity contribution in [2.24, 2.45) is 0 Å². The highest BCUT2D eigenvalue weighted by Gasteiger charge is 2.16. The number of halogens is 1. The monoisotopic (exact) mass is 258 g/mol. The number of phenols is 1. The van der Waals surface area contributed by atoms with Gasteiger partial charge in [0.05, 0.1) is 7.11 Å². The van der Waals surface area contributed by atoms with Gasteiger partial charge in [-0.2, -0.15) is 0 Å². The van der Waals surface area contributed by atoms with Crippen LogP contribution in [0.15, 0.2) is 18.2 Å². The fraction of sp³-hybridized carbons (Fsp3) is 0.300. The van der Waals surface area contributed by atoms with Crippen LogP contribution in [0.25, 0.3) is 0 Å². The Morgan fingerprint density at radius 2 is 2.21 bits per heavy atom. The lowest BCUT2D eigenvalue weighted by Gasteiger charge is -2.09. The fourth-order valence-corrected chi connectivity index (χ4v) is 1.47. The van der Waals surface area contributed by atoms with Crippen molar-refractivity contribution >= 4 is 21.7 Å². The predicted molar refractivity (Wildman–Crippen MR) is 57.0 cm³/mol. The number of carbonyl (C=O) groups is 1. The molecular formula is C10H11BrO3. The van der Waals surface area contributed by atoms with Crippen molar-refractivity contribution in [3.63, 3.8) is 0 Å². The van der Waals surface area contributed by atoms with Crippen molar-refractivity contribution in [1.29, 1.82) is 0 Å². The summed E-state index contributed by atoms with van der Waals surface area (Å²) in [5.74, 6) is 0.571. The first kappa shape index (κ1) is 11.0. The van der Waals surface area contributed by atoms with E-state index in [2.05, 4.69) is 15.9 Å². The third-order valence-corrected chi connectivity index (χ3v) is 3.01. The second-order valence-corrected chi connectivity index (χ2v) is 3.81. The van der Waals surface area contributed by atoms with Crippen LogP contribution in [0.5, 0.6) is 11.5 Å². The average Bonchev–Trinajstić information content (AvgIpc) is 2.16. The second-order valence-electron chi connectivity index (χ2n) is 2.90. The van der Waals surface area contributed by atoms with Crippen molar-refractivity contribution < 1.29 is 14.6 Å². The largest absolute Gasteiger partial charge is 0.507 e. The molecule has 14 heavy (non-hydrogen) atoms. The maximum atomic E-state index is 11.1. The lowest BCUT2D eigenvalue weighted by atomic mass is 10.1. The van der Waals surface area contributed by atoms with Crippen LogP contribution in [0.1, 0.15) is 17.3 Å². The molecule has 0 saturated heterocycles. The molecule has 0 fully saturated rings. The van der Waals surface area contributed by atoms with Crippen LogP contribution in [0.4, 0.5) is 0 Å². The standard InChI is InChI=1S/C10H11BrO3/c1-6(12)10(11)8-4-3-7(14-2)5-9(8)13/h3-5,10,13H,1-2H3. The van der Waals surface area contributed by atoms with Crippen molar-refractivity contribution in [2.75, 3.05) is 7.11 Å². The maximum absolute atomic E-state index is 11.1. The SMILES string of the molecule is COc1ccc(C(Br)C(C)=O)c(O)c1. The van der Waals surface area contributed by atoms with Crippen LogP contribution < -0.4 is 4.74 Å². The zero-order chi connectivity index (χ0) is 10.7. The zero-order valence-corrected chi connectivity index (χ0v) is 9.54. The van der Waals surface area contributed by atoms with Gasteiger partial charge in [0, 0.05) is 11.6 Å². The number of hydrogen-bond donors (Lipinski definition) is 1. The van der Waals surface area contributed by atoms with Crippen LogP contribution in [0.3, 0.4) is 0 Å². The molecule has 1 aromatic carbocycles. The van der Waals surface area contributed by atoms with Gasteiger partial charge in [0.2, 0.25) is 0 Å². The number of ketones is 1. The van der Waals surface area contributed by atoms with E-state index in [-0.39, 0.29) is 11.5 Å². The van der Waals surface area contributed by atoms with E-state index in [9.17, 15) is 9.90 Å². The lowest BCUT2D eigenvalue weighted by Crippen LogP contribution is -2.01. The number of benzene rings is 1. The van der Waals surface area contributed by atoms with Gasteiger partial charge in [0.25, 0.3) is 0 Å². The third-order valence-electron chi connectivity index (χ3n) is 1.87. The quantitative estimate of drug-likeness (QED) is 0.848. The van der Waals surface area contributed by atoms with Crippen LogP contribution in [0.2, 0.25) is 0 Å². The summed E-state index contributed by atoms with van der Waals surface area (Å²) in [6.07, 6.45) is 0. The Hall–Kier alpha value is -1.03. The average molecular weight is 259 g/mol. The Balaban J connectivity index is 3.05. The number of ether oxygens (including phenoxy) is 1. The van der Waals surface area contributed by atoms with Gasteiger partial charge in [-0.15, -0.1) is 0 Å². The van der Waals surface area contributed by atoms with E-state index in [1.807, 2.05) is 0 Å². The number of hydrogen-bond acceptors (Lipinski definition) is 3. The molecule has 0 radical (unpaired) electrons. The summed E-state index contributed by atoms with van der Waals surface area (Å²) in [4.78, 5) is 10.6. The van der Waals surface area contributed by atoms with Crippen molar-refractivity contribution in [3.8, 4) is 11.5 Å². The smallest absolute Gasteiger partial charge is 0.147 e. The fourth-order valence-electron chi connectivity index (χ4n) is 1.08. The summed E-state index contributed by atoms with van der Waals surface area (Å²) < 4.78 is 4.93. The third kappa shape index (κ3) is 2.26. The number of methoxy groups -OCH3 is 1. The van der Waals surface area contributed by atoms with Gasteiger partial charge < -0.3 is 9.84 Å². The van der Waals surface area contributed by atoms with Gasteiger partial charge in [-0.3, -0.25) is 4.79 Å². The van der Waals surface area contributed by atoms with E-state index in [1.54, 1.807) is 12.1 Å². The Bertz CT molecular complexity index is 349. The van der Waals surface area contributed by atoms with Gasteiger partial charge in [0.1, 0.15) is 22.1 Å². The minimum absolute atomic E-state index is 0.0505. The number of rotatable bonds is 3. The van der Waals surface area contributed by atoms with Crippen molar-refractivity contribution in [1.82, 2.24) is 0 Å². The molecule has 0 aliphatic heterocycles.